The summed E-state index contributed by atoms with van der Waals surface area (Å²) in [6.07, 6.45) is 1.28. The third kappa shape index (κ3) is 4.42. The first kappa shape index (κ1) is 20.5. The van der Waals surface area contributed by atoms with E-state index in [1.54, 1.807) is 36.4 Å². The van der Waals surface area contributed by atoms with Crippen LogP contribution in [0.5, 0.6) is 0 Å². The first-order valence-electron chi connectivity index (χ1n) is 8.75. The van der Waals surface area contributed by atoms with Gasteiger partial charge < -0.3 is 9.15 Å². The first-order valence-corrected chi connectivity index (χ1v) is 8.75. The van der Waals surface area contributed by atoms with E-state index in [0.717, 1.165) is 17.2 Å². The summed E-state index contributed by atoms with van der Waals surface area (Å²) in [5, 5.41) is 12.5. The van der Waals surface area contributed by atoms with E-state index in [4.69, 9.17) is 14.4 Å². The molecule has 0 saturated heterocycles. The van der Waals surface area contributed by atoms with Gasteiger partial charge in [-0.15, -0.1) is 0 Å². The van der Waals surface area contributed by atoms with Crippen LogP contribution in [0, 0.1) is 24.1 Å². The standard InChI is InChI=1S/C22H16FN3O4/c1-13-9-15(22(28)29-2)4-7-17(13)20-8-5-16(30-20)12-25-26-21(27)18-6-3-14(11-24)10-19(18)23/h3-10,12H,1-2H3,(H,26,27). The molecule has 0 saturated carbocycles. The molecular weight excluding hydrogens is 389 g/mol. The van der Waals surface area contributed by atoms with E-state index in [2.05, 4.69) is 10.5 Å². The van der Waals surface area contributed by atoms with Crippen molar-refractivity contribution >= 4 is 18.1 Å². The maximum Gasteiger partial charge on any atom is 0.337 e. The number of hydrogen-bond acceptors (Lipinski definition) is 6. The van der Waals surface area contributed by atoms with Gasteiger partial charge in [-0.25, -0.2) is 14.6 Å². The third-order valence-corrected chi connectivity index (χ3v) is 4.24. The van der Waals surface area contributed by atoms with Gasteiger partial charge in [0.05, 0.1) is 36.1 Å². The third-order valence-electron chi connectivity index (χ3n) is 4.24. The lowest BCUT2D eigenvalue weighted by Gasteiger charge is -2.05. The molecule has 3 rings (SSSR count). The van der Waals surface area contributed by atoms with E-state index in [9.17, 15) is 14.0 Å². The summed E-state index contributed by atoms with van der Waals surface area (Å²) in [6, 6.07) is 13.8. The highest BCUT2D eigenvalue weighted by Gasteiger charge is 2.13. The van der Waals surface area contributed by atoms with Crippen LogP contribution in [0.15, 0.2) is 58.0 Å². The molecule has 1 amide bonds. The van der Waals surface area contributed by atoms with Crippen LogP contribution in [0.3, 0.4) is 0 Å². The zero-order chi connectivity index (χ0) is 21.7. The Balaban J connectivity index is 1.70. The Labute approximate surface area is 171 Å². The van der Waals surface area contributed by atoms with Gasteiger partial charge in [0.1, 0.15) is 17.3 Å². The topological polar surface area (TPSA) is 105 Å². The molecule has 0 radical (unpaired) electrons. The van der Waals surface area contributed by atoms with Crippen molar-refractivity contribution in [1.29, 1.82) is 5.26 Å². The Morgan fingerprint density at radius 3 is 2.67 bits per heavy atom. The summed E-state index contributed by atoms with van der Waals surface area (Å²) in [5.74, 6) is -1.08. The number of carbonyl (C=O) groups excluding carboxylic acids is 2. The van der Waals surface area contributed by atoms with Crippen molar-refractivity contribution in [3.63, 3.8) is 0 Å². The Bertz CT molecular complexity index is 1190. The molecule has 1 heterocycles. The predicted molar refractivity (Wildman–Crippen MR) is 106 cm³/mol. The van der Waals surface area contributed by atoms with E-state index >= 15 is 0 Å². The number of furan rings is 1. The van der Waals surface area contributed by atoms with Crippen LogP contribution in [-0.4, -0.2) is 25.2 Å². The summed E-state index contributed by atoms with van der Waals surface area (Å²) in [6.45, 7) is 1.84. The molecule has 1 N–H and O–H groups in total. The second-order valence-corrected chi connectivity index (χ2v) is 6.23. The number of aryl methyl sites for hydroxylation is 1. The fourth-order valence-corrected chi connectivity index (χ4v) is 2.74. The van der Waals surface area contributed by atoms with Gasteiger partial charge >= 0.3 is 5.97 Å². The number of halogens is 1. The average molecular weight is 405 g/mol. The highest BCUT2D eigenvalue weighted by atomic mass is 19.1. The number of amides is 1. The molecule has 8 heteroatoms. The Hall–Kier alpha value is -4.25. The summed E-state index contributed by atoms with van der Waals surface area (Å²) in [5.41, 5.74) is 4.13. The van der Waals surface area contributed by atoms with Crippen molar-refractivity contribution < 1.29 is 23.1 Å². The van der Waals surface area contributed by atoms with Crippen LogP contribution in [0.4, 0.5) is 4.39 Å². The monoisotopic (exact) mass is 405 g/mol. The number of hydrogen-bond donors (Lipinski definition) is 1. The first-order chi connectivity index (χ1) is 14.4. The van der Waals surface area contributed by atoms with Gasteiger partial charge in [-0.2, -0.15) is 10.4 Å². The highest BCUT2D eigenvalue weighted by molar-refractivity contribution is 5.95. The van der Waals surface area contributed by atoms with Crippen molar-refractivity contribution in [3.8, 4) is 17.4 Å². The number of nitrogens with zero attached hydrogens (tertiary/aromatic N) is 2. The fourth-order valence-electron chi connectivity index (χ4n) is 2.74. The molecular formula is C22H16FN3O4. The average Bonchev–Trinajstić information content (AvgIpc) is 3.21. The van der Waals surface area contributed by atoms with E-state index in [1.807, 2.05) is 6.92 Å². The van der Waals surface area contributed by atoms with Gasteiger partial charge in [-0.05, 0) is 55.0 Å². The molecule has 0 fully saturated rings. The van der Waals surface area contributed by atoms with Crippen molar-refractivity contribution in [2.75, 3.05) is 7.11 Å². The Kier molecular flexibility index (Phi) is 6.03. The molecule has 30 heavy (non-hydrogen) atoms. The molecule has 3 aromatic rings. The van der Waals surface area contributed by atoms with Gasteiger partial charge in [0.25, 0.3) is 5.91 Å². The predicted octanol–water partition coefficient (Wildman–Crippen LogP) is 3.82. The highest BCUT2D eigenvalue weighted by Crippen LogP contribution is 2.26. The minimum absolute atomic E-state index is 0.116. The minimum atomic E-state index is -0.812. The van der Waals surface area contributed by atoms with Crippen LogP contribution in [0.25, 0.3) is 11.3 Å². The van der Waals surface area contributed by atoms with Crippen molar-refractivity contribution in [1.82, 2.24) is 5.43 Å². The fraction of sp³-hybridized carbons (Fsp3) is 0.0909. The minimum Gasteiger partial charge on any atom is -0.465 e. The van der Waals surface area contributed by atoms with Crippen LogP contribution < -0.4 is 5.43 Å². The quantitative estimate of drug-likeness (QED) is 0.395. The number of methoxy groups -OCH3 is 1. The normalized spacial score (nSPS) is 10.6. The number of nitriles is 1. The van der Waals surface area contributed by atoms with Crippen molar-refractivity contribution in [3.05, 3.63) is 82.4 Å². The van der Waals surface area contributed by atoms with Crippen LogP contribution in [0.1, 0.15) is 37.6 Å². The number of esters is 1. The van der Waals surface area contributed by atoms with Gasteiger partial charge in [0.15, 0.2) is 0 Å². The number of nitrogens with one attached hydrogen (secondary N) is 1. The van der Waals surface area contributed by atoms with Gasteiger partial charge in [0, 0.05) is 5.56 Å². The lowest BCUT2D eigenvalue weighted by molar-refractivity contribution is 0.0600. The molecule has 2 aromatic carbocycles. The van der Waals surface area contributed by atoms with E-state index < -0.39 is 17.7 Å². The van der Waals surface area contributed by atoms with Crippen LogP contribution in [-0.2, 0) is 4.74 Å². The summed E-state index contributed by atoms with van der Waals surface area (Å²) in [4.78, 5) is 23.6. The summed E-state index contributed by atoms with van der Waals surface area (Å²) < 4.78 is 24.3. The molecule has 1 aromatic heterocycles. The number of rotatable bonds is 5. The van der Waals surface area contributed by atoms with Crippen molar-refractivity contribution in [2.24, 2.45) is 5.10 Å². The molecule has 0 aliphatic rings. The largest absolute Gasteiger partial charge is 0.465 e. The van der Waals surface area contributed by atoms with Gasteiger partial charge in [-0.3, -0.25) is 4.79 Å². The number of benzene rings is 2. The summed E-state index contributed by atoms with van der Waals surface area (Å²) in [7, 11) is 1.32. The molecule has 0 bridgehead atoms. The molecule has 0 spiro atoms. The number of ether oxygens (including phenoxy) is 1. The Morgan fingerprint density at radius 2 is 2.00 bits per heavy atom. The number of carbonyl (C=O) groups is 2. The zero-order valence-corrected chi connectivity index (χ0v) is 16.1. The molecule has 0 aliphatic carbocycles. The lowest BCUT2D eigenvalue weighted by Crippen LogP contribution is -2.19. The smallest absolute Gasteiger partial charge is 0.337 e. The van der Waals surface area contributed by atoms with E-state index in [1.165, 1.54) is 25.5 Å². The lowest BCUT2D eigenvalue weighted by atomic mass is 10.0. The molecule has 0 atom stereocenters. The van der Waals surface area contributed by atoms with E-state index in [0.29, 0.717) is 17.1 Å². The maximum absolute atomic E-state index is 13.9. The number of hydrazone groups is 1. The molecule has 7 nitrogen and oxygen atoms in total. The molecule has 0 aliphatic heterocycles. The van der Waals surface area contributed by atoms with Gasteiger partial charge in [0.2, 0.25) is 0 Å². The van der Waals surface area contributed by atoms with Crippen LogP contribution in [0.2, 0.25) is 0 Å². The molecule has 150 valence electrons. The van der Waals surface area contributed by atoms with Gasteiger partial charge in [-0.1, -0.05) is 6.07 Å². The second-order valence-electron chi connectivity index (χ2n) is 6.23. The maximum atomic E-state index is 13.9. The summed E-state index contributed by atoms with van der Waals surface area (Å²) >= 11 is 0. The second kappa shape index (κ2) is 8.84. The molecule has 0 unspecified atom stereocenters. The van der Waals surface area contributed by atoms with E-state index in [-0.39, 0.29) is 11.1 Å². The van der Waals surface area contributed by atoms with Crippen molar-refractivity contribution in [2.45, 2.75) is 6.92 Å². The Morgan fingerprint density at radius 1 is 1.20 bits per heavy atom. The zero-order valence-electron chi connectivity index (χ0n) is 16.1. The SMILES string of the molecule is COC(=O)c1ccc(-c2ccc(C=NNC(=O)c3ccc(C#N)cc3F)o2)c(C)c1. The van der Waals surface area contributed by atoms with Crippen LogP contribution >= 0.6 is 0 Å².